The van der Waals surface area contributed by atoms with Crippen molar-refractivity contribution in [3.8, 4) is 11.4 Å². The number of fused-ring (bicyclic) bond motifs is 5. The van der Waals surface area contributed by atoms with E-state index in [0.29, 0.717) is 48.7 Å². The van der Waals surface area contributed by atoms with E-state index in [4.69, 9.17) is 24.3 Å². The van der Waals surface area contributed by atoms with Gasteiger partial charge in [-0.25, -0.2) is 19.0 Å². The van der Waals surface area contributed by atoms with Crippen LogP contribution < -0.4 is 16.2 Å². The fourth-order valence-electron chi connectivity index (χ4n) is 6.26. The largest absolute Gasteiger partial charge is 0.465 e. The highest BCUT2D eigenvalue weighted by Crippen LogP contribution is 2.41. The maximum Gasteiger partial charge on any atom is 0.405 e. The van der Waals surface area contributed by atoms with Crippen molar-refractivity contribution in [3.05, 3.63) is 62.2 Å². The highest BCUT2D eigenvalue weighted by atomic mass is 19.1. The quantitative estimate of drug-likeness (QED) is 0.117. The Morgan fingerprint density at radius 3 is 2.78 bits per heavy atom. The van der Waals surface area contributed by atoms with Crippen LogP contribution in [-0.4, -0.2) is 88.3 Å². The maximum atomic E-state index is 14.8. The van der Waals surface area contributed by atoms with Crippen molar-refractivity contribution in [2.24, 2.45) is 0 Å². The molecule has 3 aromatic rings. The molecule has 1 aromatic carbocycles. The van der Waals surface area contributed by atoms with Crippen molar-refractivity contribution in [2.75, 3.05) is 39.6 Å². The van der Waals surface area contributed by atoms with E-state index in [0.717, 1.165) is 16.5 Å². The lowest BCUT2D eigenvalue weighted by atomic mass is 9.86. The average Bonchev–Trinajstić information content (AvgIpc) is 3.40. The third-order valence-electron chi connectivity index (χ3n) is 8.77. The maximum absolute atomic E-state index is 14.8. The highest BCUT2D eigenvalue weighted by Gasteiger charge is 2.45. The van der Waals surface area contributed by atoms with Crippen molar-refractivity contribution < 1.29 is 43.2 Å². The molecular weight excluding hydrogens is 605 g/mol. The van der Waals surface area contributed by atoms with Gasteiger partial charge < -0.3 is 39.6 Å². The summed E-state index contributed by atoms with van der Waals surface area (Å²) >= 11 is 0. The van der Waals surface area contributed by atoms with E-state index < -0.39 is 29.4 Å². The zero-order valence-electron chi connectivity index (χ0n) is 25.4. The van der Waals surface area contributed by atoms with Crippen LogP contribution in [0.2, 0.25) is 0 Å². The minimum Gasteiger partial charge on any atom is -0.465 e. The lowest BCUT2D eigenvalue weighted by Crippen LogP contribution is -2.45. The Balaban J connectivity index is 1.28. The number of nitrogens with zero attached hydrogens (tertiary/aromatic N) is 3. The number of carbonyl (C=O) groups excluding carboxylic acids is 2. The SMILES string of the molecule is CC[C@@]1(O)C(=O)OCc2c1cc1n(c2=O)Cc2c-1nc1cc(F)c(C)cc1c2CN1CCO[C@H](COCNC(=O)CNC(=O)O)C1. The molecule has 0 unspecified atom stereocenters. The van der Waals surface area contributed by atoms with Crippen molar-refractivity contribution in [1.29, 1.82) is 0 Å². The Kier molecular flexibility index (Phi) is 8.50. The molecule has 244 valence electrons. The number of carbonyl (C=O) groups is 3. The van der Waals surface area contributed by atoms with Crippen LogP contribution >= 0.6 is 0 Å². The van der Waals surface area contributed by atoms with Gasteiger partial charge in [0, 0.05) is 42.2 Å². The standard InChI is InChI=1S/C31H34FN5O9/c1-3-31(43)22-7-25-27-20(12-37(25)28(39)21(22)14-46-29(31)40)19(18-6-16(2)23(32)8-24(18)35-27)11-36-4-5-45-17(10-36)13-44-15-34-26(38)9-33-30(41)42/h6-8,17,33,43H,3-5,9-15H2,1-2H3,(H,34,38)(H,41,42)/t17-,31-/m0/s1. The molecule has 15 heteroatoms. The van der Waals surface area contributed by atoms with Crippen molar-refractivity contribution in [1.82, 2.24) is 25.1 Å². The van der Waals surface area contributed by atoms with E-state index in [1.54, 1.807) is 30.5 Å². The van der Waals surface area contributed by atoms with Crippen LogP contribution in [0.3, 0.4) is 0 Å². The summed E-state index contributed by atoms with van der Waals surface area (Å²) in [5, 5.41) is 25.0. The third-order valence-corrected chi connectivity index (χ3v) is 8.77. The summed E-state index contributed by atoms with van der Waals surface area (Å²) in [6.45, 7) is 4.89. The Labute approximate surface area is 262 Å². The number of pyridine rings is 2. The van der Waals surface area contributed by atoms with Crippen LogP contribution in [0.15, 0.2) is 23.0 Å². The summed E-state index contributed by atoms with van der Waals surface area (Å²) in [6.07, 6.45) is -1.60. The molecule has 0 saturated carbocycles. The second-order valence-electron chi connectivity index (χ2n) is 11.6. The van der Waals surface area contributed by atoms with Crippen molar-refractivity contribution in [2.45, 2.75) is 51.7 Å². The number of hydrogen-bond donors (Lipinski definition) is 4. The number of morpholine rings is 1. The number of benzene rings is 1. The van der Waals surface area contributed by atoms with Gasteiger partial charge in [0.1, 0.15) is 25.7 Å². The summed E-state index contributed by atoms with van der Waals surface area (Å²) in [5.74, 6) is -1.75. The lowest BCUT2D eigenvalue weighted by Gasteiger charge is -2.33. The molecule has 0 aliphatic carbocycles. The molecule has 2 amide bonds. The number of halogens is 1. The number of amides is 2. The van der Waals surface area contributed by atoms with Crippen LogP contribution in [-0.2, 0) is 49.1 Å². The molecule has 0 bridgehead atoms. The number of hydrogen-bond acceptors (Lipinski definition) is 10. The molecule has 0 spiro atoms. The van der Waals surface area contributed by atoms with E-state index in [2.05, 4.69) is 10.2 Å². The predicted octanol–water partition coefficient (Wildman–Crippen LogP) is 1.09. The predicted molar refractivity (Wildman–Crippen MR) is 159 cm³/mol. The highest BCUT2D eigenvalue weighted by molar-refractivity contribution is 5.89. The molecule has 1 fully saturated rings. The molecule has 2 atom stereocenters. The minimum atomic E-state index is -1.96. The fourth-order valence-corrected chi connectivity index (χ4v) is 6.26. The van der Waals surface area contributed by atoms with E-state index >= 15 is 0 Å². The van der Waals surface area contributed by atoms with E-state index in [1.165, 1.54) is 6.07 Å². The van der Waals surface area contributed by atoms with Gasteiger partial charge in [-0.3, -0.25) is 14.5 Å². The zero-order valence-corrected chi connectivity index (χ0v) is 25.4. The molecule has 3 aliphatic heterocycles. The van der Waals surface area contributed by atoms with Gasteiger partial charge in [0.2, 0.25) is 5.91 Å². The summed E-state index contributed by atoms with van der Waals surface area (Å²) in [7, 11) is 0. The average molecular weight is 640 g/mol. The number of ether oxygens (including phenoxy) is 3. The van der Waals surface area contributed by atoms with Gasteiger partial charge in [0.15, 0.2) is 5.60 Å². The van der Waals surface area contributed by atoms with Gasteiger partial charge in [-0.05, 0) is 36.6 Å². The Morgan fingerprint density at radius 2 is 2.02 bits per heavy atom. The molecule has 4 N–H and O–H groups in total. The Morgan fingerprint density at radius 1 is 1.22 bits per heavy atom. The van der Waals surface area contributed by atoms with Gasteiger partial charge in [-0.1, -0.05) is 6.92 Å². The van der Waals surface area contributed by atoms with Crippen LogP contribution in [0.1, 0.15) is 41.2 Å². The van der Waals surface area contributed by atoms with Crippen LogP contribution in [0.5, 0.6) is 0 Å². The van der Waals surface area contributed by atoms with Crippen molar-refractivity contribution in [3.63, 3.8) is 0 Å². The van der Waals surface area contributed by atoms with E-state index in [-0.39, 0.29) is 62.2 Å². The first-order valence-electron chi connectivity index (χ1n) is 14.9. The zero-order chi connectivity index (χ0) is 32.7. The molecule has 46 heavy (non-hydrogen) atoms. The molecule has 0 radical (unpaired) electrons. The Bertz CT molecular complexity index is 1810. The number of carboxylic acid groups (broad SMARTS) is 1. The molecule has 14 nitrogen and oxygen atoms in total. The summed E-state index contributed by atoms with van der Waals surface area (Å²) in [4.78, 5) is 55.5. The molecule has 1 saturated heterocycles. The summed E-state index contributed by atoms with van der Waals surface area (Å²) in [5.41, 5.74) is 1.57. The molecular formula is C31H34FN5O9. The third kappa shape index (κ3) is 5.70. The topological polar surface area (TPSA) is 182 Å². The van der Waals surface area contributed by atoms with Gasteiger partial charge in [0.05, 0.1) is 48.3 Å². The number of cyclic esters (lactones) is 1. The molecule has 3 aliphatic rings. The smallest absolute Gasteiger partial charge is 0.405 e. The first kappa shape index (κ1) is 31.5. The number of nitrogens with one attached hydrogen (secondary N) is 2. The second-order valence-corrected chi connectivity index (χ2v) is 11.6. The first-order valence-corrected chi connectivity index (χ1v) is 14.9. The van der Waals surface area contributed by atoms with E-state index in [9.17, 15) is 28.7 Å². The van der Waals surface area contributed by atoms with Crippen LogP contribution in [0.25, 0.3) is 22.3 Å². The van der Waals surface area contributed by atoms with Gasteiger partial charge in [0.25, 0.3) is 5.56 Å². The van der Waals surface area contributed by atoms with Gasteiger partial charge >= 0.3 is 12.1 Å². The minimum absolute atomic E-state index is 0.0195. The second kappa shape index (κ2) is 12.4. The van der Waals surface area contributed by atoms with Gasteiger partial charge in [-0.2, -0.15) is 0 Å². The first-order chi connectivity index (χ1) is 22.0. The number of esters is 1. The Hall–Kier alpha value is -4.44. The van der Waals surface area contributed by atoms with Crippen molar-refractivity contribution >= 4 is 28.9 Å². The number of rotatable bonds is 9. The fraction of sp³-hybridized carbons (Fsp3) is 0.452. The summed E-state index contributed by atoms with van der Waals surface area (Å²) < 4.78 is 33.0. The normalized spacial score (nSPS) is 20.5. The number of aliphatic hydroxyl groups is 1. The lowest BCUT2D eigenvalue weighted by molar-refractivity contribution is -0.172. The van der Waals surface area contributed by atoms with E-state index in [1.807, 2.05) is 5.32 Å². The summed E-state index contributed by atoms with van der Waals surface area (Å²) in [6, 6.07) is 4.78. The number of aryl methyl sites for hydroxylation is 1. The molecule has 6 rings (SSSR count). The molecule has 2 aromatic heterocycles. The van der Waals surface area contributed by atoms with Crippen LogP contribution in [0.4, 0.5) is 9.18 Å². The van der Waals surface area contributed by atoms with Gasteiger partial charge in [-0.15, -0.1) is 0 Å². The molecule has 5 heterocycles. The van der Waals surface area contributed by atoms with Crippen LogP contribution in [0, 0.1) is 12.7 Å². The monoisotopic (exact) mass is 639 g/mol. The number of aromatic nitrogens is 2.